The quantitative estimate of drug-likeness (QED) is 0.278. The van der Waals surface area contributed by atoms with Crippen molar-refractivity contribution in [2.75, 3.05) is 6.54 Å². The number of aliphatic imine (C=N–C) groups is 1. The molecule has 0 aromatic carbocycles. The Morgan fingerprint density at radius 3 is 2.80 bits per heavy atom. The maximum absolute atomic E-state index is 7.67. The van der Waals surface area contributed by atoms with Crippen molar-refractivity contribution >= 4 is 17.0 Å². The van der Waals surface area contributed by atoms with E-state index in [1.807, 2.05) is 11.3 Å². The average Bonchev–Trinajstić information content (AvgIpc) is 3.50. The van der Waals surface area contributed by atoms with Crippen molar-refractivity contribution in [3.8, 4) is 0 Å². The maximum atomic E-state index is 7.67. The van der Waals surface area contributed by atoms with Crippen molar-refractivity contribution < 1.29 is 29.0 Å². The van der Waals surface area contributed by atoms with Gasteiger partial charge in [-0.15, -0.1) is 43.0 Å². The first-order valence-electron chi connectivity index (χ1n) is 16.7. The molecule has 7 rings (SSSR count). The monoisotopic (exact) mass is 751 g/mol. The van der Waals surface area contributed by atoms with Gasteiger partial charge in [0.25, 0.3) is 0 Å². The van der Waals surface area contributed by atoms with Crippen molar-refractivity contribution in [1.29, 1.82) is 0 Å². The fourth-order valence-electron chi connectivity index (χ4n) is 6.66. The molecule has 0 saturated carbocycles. The van der Waals surface area contributed by atoms with E-state index in [1.54, 1.807) is 0 Å². The zero-order chi connectivity index (χ0) is 30.5. The van der Waals surface area contributed by atoms with Gasteiger partial charge in [0.1, 0.15) is 0 Å². The molecule has 5 heterocycles. The van der Waals surface area contributed by atoms with Crippen LogP contribution < -0.4 is 0 Å². The van der Waals surface area contributed by atoms with Crippen LogP contribution in [0.15, 0.2) is 45.3 Å². The molecular formula is C35H45IrN3OS-4. The Bertz CT molecular complexity index is 1400. The third-order valence-corrected chi connectivity index (χ3v) is 10.9. The Morgan fingerprint density at radius 1 is 1.20 bits per heavy atom. The van der Waals surface area contributed by atoms with E-state index in [9.17, 15) is 0 Å². The van der Waals surface area contributed by atoms with E-state index in [2.05, 4.69) is 69.6 Å². The van der Waals surface area contributed by atoms with Crippen molar-refractivity contribution in [3.05, 3.63) is 84.3 Å². The molecule has 0 spiro atoms. The van der Waals surface area contributed by atoms with Gasteiger partial charge in [0.05, 0.1) is 0 Å². The Hall–Kier alpha value is -1.59. The van der Waals surface area contributed by atoms with Crippen molar-refractivity contribution in [3.63, 3.8) is 0 Å². The molecular weight excluding hydrogens is 703 g/mol. The molecule has 1 radical (unpaired) electrons. The summed E-state index contributed by atoms with van der Waals surface area (Å²) < 4.78 is 29.3. The number of thiophene rings is 1. The third kappa shape index (κ3) is 6.37. The second kappa shape index (κ2) is 13.0. The molecule has 225 valence electrons. The third-order valence-electron chi connectivity index (χ3n) is 9.69. The zero-order valence-corrected chi connectivity index (χ0v) is 28.3. The summed E-state index contributed by atoms with van der Waals surface area (Å²) in [5, 5.41) is 9.64. The van der Waals surface area contributed by atoms with E-state index >= 15 is 0 Å². The van der Waals surface area contributed by atoms with Crippen LogP contribution in [-0.2, 0) is 37.8 Å². The maximum Gasteiger partial charge on any atom is 0.175 e. The molecule has 2 aliphatic carbocycles. The van der Waals surface area contributed by atoms with Gasteiger partial charge in [-0.1, -0.05) is 57.4 Å². The molecule has 6 atom stereocenters. The zero-order valence-electron chi connectivity index (χ0n) is 28.1. The summed E-state index contributed by atoms with van der Waals surface area (Å²) in [4.78, 5) is 7.28. The van der Waals surface area contributed by atoms with E-state index in [1.165, 1.54) is 56.1 Å². The predicted molar refractivity (Wildman–Crippen MR) is 167 cm³/mol. The molecule has 1 aromatic rings. The molecule has 0 bridgehead atoms. The number of hydrogen-bond acceptors (Lipinski definition) is 3. The van der Waals surface area contributed by atoms with E-state index in [-0.39, 0.29) is 32.1 Å². The number of rotatable bonds is 2. The molecule has 0 amide bonds. The summed E-state index contributed by atoms with van der Waals surface area (Å²) in [5.74, 6) is 3.28. The van der Waals surface area contributed by atoms with Gasteiger partial charge in [-0.2, -0.15) is 11.6 Å². The molecule has 6 aliphatic rings. The molecule has 1 aromatic heterocycles. The van der Waals surface area contributed by atoms with Gasteiger partial charge >= 0.3 is 0 Å². The average molecular weight is 751 g/mol. The largest absolute Gasteiger partial charge is 0.769 e. The minimum absolute atomic E-state index is 0. The number of fused-ring (bicyclic) bond motifs is 4. The Morgan fingerprint density at radius 2 is 2.05 bits per heavy atom. The summed E-state index contributed by atoms with van der Waals surface area (Å²) in [6.07, 6.45) is 16.7. The van der Waals surface area contributed by atoms with Gasteiger partial charge in [-0.25, -0.2) is 12.0 Å². The molecule has 4 nitrogen and oxygen atoms in total. The molecule has 1 saturated heterocycles. The van der Waals surface area contributed by atoms with E-state index in [4.69, 9.17) is 14.2 Å². The van der Waals surface area contributed by atoms with Gasteiger partial charge < -0.3 is 21.1 Å². The molecule has 1 fully saturated rings. The van der Waals surface area contributed by atoms with Crippen LogP contribution in [0.5, 0.6) is 0 Å². The fourth-order valence-corrected chi connectivity index (χ4v) is 7.80. The second-order valence-electron chi connectivity index (χ2n) is 12.6. The molecule has 4 aliphatic heterocycles. The smallest absolute Gasteiger partial charge is 0.175 e. The van der Waals surface area contributed by atoms with Crippen LogP contribution in [-0.4, -0.2) is 24.5 Å². The minimum Gasteiger partial charge on any atom is -0.769 e. The normalized spacial score (nSPS) is 33.4. The summed E-state index contributed by atoms with van der Waals surface area (Å²) >= 11 is 1.87. The molecule has 6 heteroatoms. The van der Waals surface area contributed by atoms with Crippen LogP contribution >= 0.6 is 11.3 Å². The van der Waals surface area contributed by atoms with Crippen molar-refractivity contribution in [1.82, 2.24) is 0 Å². The number of nitrogens with zero attached hydrogens (tertiary/aromatic N) is 3. The Labute approximate surface area is 269 Å². The summed E-state index contributed by atoms with van der Waals surface area (Å²) in [6.45, 7) is 10.9. The first kappa shape index (κ1) is 27.0. The molecule has 0 N–H and O–H groups in total. The van der Waals surface area contributed by atoms with Gasteiger partial charge in [0, 0.05) is 40.7 Å². The topological polar surface area (TPSA) is 49.8 Å². The fraction of sp³-hybridized carbons (Fsp3) is 0.600. The number of ether oxygens (including phenoxy) is 1. The number of hydrogen-bond donors (Lipinski definition) is 0. The number of aryl methyl sites for hydroxylation is 1. The second-order valence-corrected chi connectivity index (χ2v) is 13.9. The van der Waals surface area contributed by atoms with Crippen LogP contribution in [0.2, 0.25) is 0 Å². The van der Waals surface area contributed by atoms with Crippen molar-refractivity contribution in [2.45, 2.75) is 105 Å². The van der Waals surface area contributed by atoms with E-state index < -0.39 is 13.1 Å². The van der Waals surface area contributed by atoms with Crippen LogP contribution in [0.1, 0.15) is 91.1 Å². The molecule has 41 heavy (non-hydrogen) atoms. The first-order valence-corrected chi connectivity index (χ1v) is 16.1. The predicted octanol–water partition coefficient (Wildman–Crippen LogP) is 9.26. The Kier molecular flexibility index (Phi) is 8.53. The number of allylic oxidation sites excluding steroid dienone is 5. The standard InChI is InChI=1S/C21H24N2OS.C14H21N.Ir/c1-11-7-8-15-14-5-4-6-16(20(14)24-21(15)23-11)18-9-17-12(2)13(3)25-19(17)10-22-18;1-10-4-6-13(7-5-10)14-8-11(2)12(3)9-15-14;/h5-6,15,18,21H,4,7-10H2,1-3H3;8,10-12H,4-6,9H2,1-3H3;/q2*-2;/t15?,18-,21?;10-,11+,12-;/m11./s1/i1D3;;. The van der Waals surface area contributed by atoms with Crippen LogP contribution in [0.25, 0.3) is 10.6 Å². The Balaban J connectivity index is 0.000000204. The van der Waals surface area contributed by atoms with Crippen LogP contribution in [0.4, 0.5) is 0 Å². The van der Waals surface area contributed by atoms with E-state index in [0.29, 0.717) is 24.0 Å². The van der Waals surface area contributed by atoms with Gasteiger partial charge in [-0.3, -0.25) is 11.1 Å². The summed E-state index contributed by atoms with van der Waals surface area (Å²) in [5.41, 5.74) is 8.18. The summed E-state index contributed by atoms with van der Waals surface area (Å²) in [6, 6.07) is 0.116. The van der Waals surface area contributed by atoms with Gasteiger partial charge in [0.15, 0.2) is 6.23 Å². The first-order chi connectivity index (χ1) is 20.5. The van der Waals surface area contributed by atoms with Crippen molar-refractivity contribution in [2.24, 2.45) is 28.7 Å². The van der Waals surface area contributed by atoms with Crippen LogP contribution in [0.3, 0.4) is 0 Å². The SMILES string of the molecule is C[C@H]1C[C-]=C(C2=C[C@H](C)[C@H](C)C[N-]2)CC1.[2H]C([2H])([2H])C1=NC2OC3=C([C@H]4Cc5c(sc(C)c5C)C[N-]4)[CH-]CC=C3C2CC1.[Ir]. The summed E-state index contributed by atoms with van der Waals surface area (Å²) in [7, 11) is 0. The van der Waals surface area contributed by atoms with Crippen LogP contribution in [0, 0.1) is 50.0 Å². The molecule has 2 unspecified atom stereocenters. The van der Waals surface area contributed by atoms with Gasteiger partial charge in [0.2, 0.25) is 0 Å². The van der Waals surface area contributed by atoms with E-state index in [0.717, 1.165) is 50.4 Å². The van der Waals surface area contributed by atoms with Gasteiger partial charge in [-0.05, 0) is 67.6 Å². The minimum atomic E-state index is -2.12.